The lowest BCUT2D eigenvalue weighted by Gasteiger charge is -2.17. The first-order valence-electron chi connectivity index (χ1n) is 5.60. The van der Waals surface area contributed by atoms with E-state index in [1.807, 2.05) is 0 Å². The van der Waals surface area contributed by atoms with Crippen LogP contribution in [0.2, 0.25) is 0 Å². The zero-order valence-electron chi connectivity index (χ0n) is 9.03. The standard InChI is InChI=1S/C13H19N/c1-3-6-10-9(2)13(14)12-8-5-4-7-11(10)12/h4-5,7-10,13H,3,6,14H2,1-2H3. The number of benzene rings is 1. The summed E-state index contributed by atoms with van der Waals surface area (Å²) >= 11 is 0. The van der Waals surface area contributed by atoms with Gasteiger partial charge in [-0.3, -0.25) is 0 Å². The highest BCUT2D eigenvalue weighted by Crippen LogP contribution is 2.45. The molecule has 0 radical (unpaired) electrons. The summed E-state index contributed by atoms with van der Waals surface area (Å²) in [4.78, 5) is 0. The summed E-state index contributed by atoms with van der Waals surface area (Å²) in [6.07, 6.45) is 2.52. The molecule has 2 rings (SSSR count). The van der Waals surface area contributed by atoms with Crippen LogP contribution in [0.3, 0.4) is 0 Å². The molecule has 76 valence electrons. The average Bonchev–Trinajstić information content (AvgIpc) is 2.45. The molecule has 0 saturated heterocycles. The third-order valence-corrected chi connectivity index (χ3v) is 3.56. The van der Waals surface area contributed by atoms with Crippen molar-refractivity contribution in [1.29, 1.82) is 0 Å². The van der Waals surface area contributed by atoms with Crippen molar-refractivity contribution >= 4 is 0 Å². The lowest BCUT2D eigenvalue weighted by molar-refractivity contribution is 0.408. The van der Waals surface area contributed by atoms with Crippen LogP contribution in [0.5, 0.6) is 0 Å². The van der Waals surface area contributed by atoms with Gasteiger partial charge in [-0.25, -0.2) is 0 Å². The minimum atomic E-state index is 0.253. The molecule has 3 atom stereocenters. The zero-order chi connectivity index (χ0) is 10.1. The maximum Gasteiger partial charge on any atom is 0.0329 e. The van der Waals surface area contributed by atoms with Crippen molar-refractivity contribution in [3.05, 3.63) is 35.4 Å². The van der Waals surface area contributed by atoms with E-state index < -0.39 is 0 Å². The van der Waals surface area contributed by atoms with Crippen molar-refractivity contribution < 1.29 is 0 Å². The largest absolute Gasteiger partial charge is 0.324 e. The number of fused-ring (bicyclic) bond motifs is 1. The van der Waals surface area contributed by atoms with Gasteiger partial charge in [-0.2, -0.15) is 0 Å². The van der Waals surface area contributed by atoms with Gasteiger partial charge in [0.05, 0.1) is 0 Å². The number of hydrogen-bond acceptors (Lipinski definition) is 1. The van der Waals surface area contributed by atoms with Crippen LogP contribution in [0, 0.1) is 5.92 Å². The normalized spacial score (nSPS) is 30.4. The van der Waals surface area contributed by atoms with E-state index >= 15 is 0 Å². The van der Waals surface area contributed by atoms with Crippen molar-refractivity contribution in [2.45, 2.75) is 38.6 Å². The SMILES string of the molecule is CCCC1c2ccccc2C(N)C1C. The maximum absolute atomic E-state index is 6.21. The summed E-state index contributed by atoms with van der Waals surface area (Å²) in [5.74, 6) is 1.29. The summed E-state index contributed by atoms with van der Waals surface area (Å²) in [5, 5.41) is 0. The second kappa shape index (κ2) is 3.74. The van der Waals surface area contributed by atoms with E-state index in [1.54, 1.807) is 0 Å². The Balaban J connectivity index is 2.37. The Morgan fingerprint density at radius 2 is 1.86 bits per heavy atom. The summed E-state index contributed by atoms with van der Waals surface area (Å²) in [7, 11) is 0. The molecule has 0 spiro atoms. The topological polar surface area (TPSA) is 26.0 Å². The predicted octanol–water partition coefficient (Wildman–Crippen LogP) is 3.22. The van der Waals surface area contributed by atoms with Crippen molar-refractivity contribution in [3.63, 3.8) is 0 Å². The minimum Gasteiger partial charge on any atom is -0.324 e. The van der Waals surface area contributed by atoms with Crippen molar-refractivity contribution in [2.24, 2.45) is 11.7 Å². The van der Waals surface area contributed by atoms with E-state index in [-0.39, 0.29) is 6.04 Å². The Kier molecular flexibility index (Phi) is 2.60. The molecule has 1 aromatic rings. The second-order valence-electron chi connectivity index (χ2n) is 4.41. The van der Waals surface area contributed by atoms with Gasteiger partial charge in [-0.1, -0.05) is 44.5 Å². The van der Waals surface area contributed by atoms with Crippen molar-refractivity contribution in [1.82, 2.24) is 0 Å². The molecule has 0 fully saturated rings. The number of rotatable bonds is 2. The van der Waals surface area contributed by atoms with E-state index in [4.69, 9.17) is 5.73 Å². The Bertz CT molecular complexity index is 319. The summed E-state index contributed by atoms with van der Waals surface area (Å²) in [6.45, 7) is 4.53. The van der Waals surface area contributed by atoms with E-state index in [1.165, 1.54) is 24.0 Å². The smallest absolute Gasteiger partial charge is 0.0329 e. The maximum atomic E-state index is 6.21. The highest BCUT2D eigenvalue weighted by Gasteiger charge is 2.34. The van der Waals surface area contributed by atoms with E-state index in [0.29, 0.717) is 11.8 Å². The Labute approximate surface area is 86.3 Å². The van der Waals surface area contributed by atoms with E-state index in [0.717, 1.165) is 0 Å². The molecular weight excluding hydrogens is 170 g/mol. The van der Waals surface area contributed by atoms with Crippen LogP contribution in [0.1, 0.15) is 49.8 Å². The first kappa shape index (κ1) is 9.72. The minimum absolute atomic E-state index is 0.253. The molecule has 14 heavy (non-hydrogen) atoms. The molecule has 1 heteroatoms. The molecule has 1 aromatic carbocycles. The monoisotopic (exact) mass is 189 g/mol. The van der Waals surface area contributed by atoms with E-state index in [2.05, 4.69) is 38.1 Å². The van der Waals surface area contributed by atoms with Crippen LogP contribution >= 0.6 is 0 Å². The molecule has 0 amide bonds. The lowest BCUT2D eigenvalue weighted by atomic mass is 9.89. The van der Waals surface area contributed by atoms with Crippen molar-refractivity contribution in [3.8, 4) is 0 Å². The average molecular weight is 189 g/mol. The van der Waals surface area contributed by atoms with Crippen LogP contribution in [-0.2, 0) is 0 Å². The van der Waals surface area contributed by atoms with Crippen LogP contribution in [-0.4, -0.2) is 0 Å². The first-order chi connectivity index (χ1) is 6.75. The zero-order valence-corrected chi connectivity index (χ0v) is 9.03. The van der Waals surface area contributed by atoms with Gasteiger partial charge in [0.25, 0.3) is 0 Å². The molecule has 0 bridgehead atoms. The van der Waals surface area contributed by atoms with Gasteiger partial charge in [0, 0.05) is 6.04 Å². The fourth-order valence-electron chi connectivity index (χ4n) is 2.70. The third-order valence-electron chi connectivity index (χ3n) is 3.56. The quantitative estimate of drug-likeness (QED) is 0.759. The summed E-state index contributed by atoms with van der Waals surface area (Å²) in [6, 6.07) is 8.92. The first-order valence-corrected chi connectivity index (χ1v) is 5.60. The molecule has 3 unspecified atom stereocenters. The Hall–Kier alpha value is -0.820. The molecule has 1 aliphatic rings. The number of nitrogens with two attached hydrogens (primary N) is 1. The second-order valence-corrected chi connectivity index (χ2v) is 4.41. The van der Waals surface area contributed by atoms with Crippen LogP contribution in [0.4, 0.5) is 0 Å². The highest BCUT2D eigenvalue weighted by atomic mass is 14.7. The molecule has 1 nitrogen and oxygen atoms in total. The van der Waals surface area contributed by atoms with Gasteiger partial charge < -0.3 is 5.73 Å². The van der Waals surface area contributed by atoms with Gasteiger partial charge in [-0.05, 0) is 29.4 Å². The van der Waals surface area contributed by atoms with Crippen LogP contribution in [0.15, 0.2) is 24.3 Å². The predicted molar refractivity (Wildman–Crippen MR) is 60.2 cm³/mol. The van der Waals surface area contributed by atoms with E-state index in [9.17, 15) is 0 Å². The Morgan fingerprint density at radius 1 is 1.21 bits per heavy atom. The van der Waals surface area contributed by atoms with Gasteiger partial charge in [0.15, 0.2) is 0 Å². The molecular formula is C13H19N. The van der Waals surface area contributed by atoms with Gasteiger partial charge in [0.2, 0.25) is 0 Å². The third kappa shape index (κ3) is 1.36. The lowest BCUT2D eigenvalue weighted by Crippen LogP contribution is -2.16. The summed E-state index contributed by atoms with van der Waals surface area (Å²) in [5.41, 5.74) is 9.08. The van der Waals surface area contributed by atoms with Gasteiger partial charge in [0.1, 0.15) is 0 Å². The molecule has 0 saturated carbocycles. The summed E-state index contributed by atoms with van der Waals surface area (Å²) < 4.78 is 0. The fraction of sp³-hybridized carbons (Fsp3) is 0.538. The molecule has 0 heterocycles. The molecule has 1 aliphatic carbocycles. The molecule has 2 N–H and O–H groups in total. The van der Waals surface area contributed by atoms with Gasteiger partial charge in [-0.15, -0.1) is 0 Å². The Morgan fingerprint density at radius 3 is 2.50 bits per heavy atom. The fourth-order valence-corrected chi connectivity index (χ4v) is 2.70. The molecule has 0 aliphatic heterocycles. The highest BCUT2D eigenvalue weighted by molar-refractivity contribution is 5.38. The van der Waals surface area contributed by atoms with Crippen molar-refractivity contribution in [2.75, 3.05) is 0 Å². The number of hydrogen-bond donors (Lipinski definition) is 1. The molecule has 0 aromatic heterocycles. The van der Waals surface area contributed by atoms with Crippen LogP contribution < -0.4 is 5.73 Å². The van der Waals surface area contributed by atoms with Gasteiger partial charge >= 0.3 is 0 Å². The van der Waals surface area contributed by atoms with Crippen LogP contribution in [0.25, 0.3) is 0 Å².